The topological polar surface area (TPSA) is 0 Å². The molecule has 16 heavy (non-hydrogen) atoms. The lowest BCUT2D eigenvalue weighted by Gasteiger charge is -2.31. The van der Waals surface area contributed by atoms with Crippen LogP contribution in [0.1, 0.15) is 86.0 Å². The van der Waals surface area contributed by atoms with Crippen molar-refractivity contribution in [3.63, 3.8) is 0 Å². The summed E-state index contributed by atoms with van der Waals surface area (Å²) in [5.41, 5.74) is 1.14. The molecule has 0 aliphatic heterocycles. The highest BCUT2D eigenvalue weighted by atomic mass is 14.3. The molecule has 0 amide bonds. The van der Waals surface area contributed by atoms with Crippen molar-refractivity contribution >= 4 is 0 Å². The van der Waals surface area contributed by atoms with E-state index in [1.807, 2.05) is 0 Å². The predicted molar refractivity (Wildman–Crippen MR) is 73.7 cm³/mol. The van der Waals surface area contributed by atoms with Gasteiger partial charge in [-0.1, -0.05) is 60.3 Å². The molecule has 1 unspecified atom stereocenters. The summed E-state index contributed by atoms with van der Waals surface area (Å²) < 4.78 is 0. The molecule has 0 bridgehead atoms. The maximum atomic E-state index is 2.47. The van der Waals surface area contributed by atoms with Crippen LogP contribution < -0.4 is 0 Å². The molecule has 1 atom stereocenters. The third kappa shape index (κ3) is 5.37. The Bertz CT molecular complexity index is 200. The van der Waals surface area contributed by atoms with Crippen molar-refractivity contribution in [2.24, 2.45) is 16.7 Å². The van der Waals surface area contributed by atoms with Crippen LogP contribution >= 0.6 is 0 Å². The summed E-state index contributed by atoms with van der Waals surface area (Å²) in [5, 5.41) is 0. The highest BCUT2D eigenvalue weighted by molar-refractivity contribution is 4.77. The monoisotopic (exact) mass is 224 g/mol. The van der Waals surface area contributed by atoms with E-state index in [2.05, 4.69) is 34.6 Å². The molecule has 0 nitrogen and oxygen atoms in total. The van der Waals surface area contributed by atoms with Gasteiger partial charge in [0.05, 0.1) is 0 Å². The van der Waals surface area contributed by atoms with Crippen molar-refractivity contribution in [2.45, 2.75) is 86.0 Å². The lowest BCUT2D eigenvalue weighted by atomic mass is 9.75. The van der Waals surface area contributed by atoms with Crippen LogP contribution in [0.5, 0.6) is 0 Å². The zero-order valence-electron chi connectivity index (χ0n) is 12.2. The first-order valence-corrected chi connectivity index (χ1v) is 7.31. The van der Waals surface area contributed by atoms with E-state index in [9.17, 15) is 0 Å². The molecule has 0 aromatic rings. The minimum Gasteiger partial charge on any atom is -0.0625 e. The first-order valence-electron chi connectivity index (χ1n) is 7.31. The second-order valence-electron chi connectivity index (χ2n) is 7.72. The van der Waals surface area contributed by atoms with Crippen molar-refractivity contribution in [1.29, 1.82) is 0 Å². The summed E-state index contributed by atoms with van der Waals surface area (Å²) in [6.07, 6.45) is 11.4. The van der Waals surface area contributed by atoms with E-state index in [0.29, 0.717) is 10.8 Å². The molecule has 0 heteroatoms. The van der Waals surface area contributed by atoms with E-state index >= 15 is 0 Å². The third-order valence-corrected chi connectivity index (χ3v) is 4.59. The first-order chi connectivity index (χ1) is 7.31. The fraction of sp³-hybridized carbons (Fsp3) is 1.00. The van der Waals surface area contributed by atoms with Gasteiger partial charge in [-0.05, 0) is 42.4 Å². The lowest BCUT2D eigenvalue weighted by molar-refractivity contribution is 0.211. The summed E-state index contributed by atoms with van der Waals surface area (Å²) in [6.45, 7) is 12.3. The largest absolute Gasteiger partial charge is 0.0625 e. The van der Waals surface area contributed by atoms with Crippen molar-refractivity contribution in [2.75, 3.05) is 0 Å². The second kappa shape index (κ2) is 5.56. The maximum Gasteiger partial charge on any atom is -0.0354 e. The SMILES string of the molecule is CC1CCCCC(C)(C)CCC(C)(C)CC1. The summed E-state index contributed by atoms with van der Waals surface area (Å²) in [4.78, 5) is 0. The van der Waals surface area contributed by atoms with Crippen LogP contribution in [-0.4, -0.2) is 0 Å². The smallest absolute Gasteiger partial charge is 0.0354 e. The molecule has 96 valence electrons. The molecule has 1 aliphatic rings. The number of rotatable bonds is 0. The Morgan fingerprint density at radius 2 is 1.25 bits per heavy atom. The van der Waals surface area contributed by atoms with Gasteiger partial charge < -0.3 is 0 Å². The van der Waals surface area contributed by atoms with E-state index < -0.39 is 0 Å². The average Bonchev–Trinajstić information content (AvgIpc) is 2.20. The molecule has 0 heterocycles. The second-order valence-corrected chi connectivity index (χ2v) is 7.72. The minimum absolute atomic E-state index is 0.565. The Labute approximate surface area is 103 Å². The van der Waals surface area contributed by atoms with Gasteiger partial charge in [-0.15, -0.1) is 0 Å². The molecule has 1 fully saturated rings. The van der Waals surface area contributed by atoms with E-state index in [-0.39, 0.29) is 0 Å². The highest BCUT2D eigenvalue weighted by Crippen LogP contribution is 2.39. The molecule has 0 aromatic carbocycles. The van der Waals surface area contributed by atoms with E-state index in [1.165, 1.54) is 51.4 Å². The molecule has 0 saturated heterocycles. The Morgan fingerprint density at radius 1 is 0.688 bits per heavy atom. The Morgan fingerprint density at radius 3 is 1.88 bits per heavy atom. The van der Waals surface area contributed by atoms with Crippen LogP contribution in [-0.2, 0) is 0 Å². The fourth-order valence-electron chi connectivity index (χ4n) is 2.80. The van der Waals surface area contributed by atoms with Crippen LogP contribution in [0.25, 0.3) is 0 Å². The number of hydrogen-bond donors (Lipinski definition) is 0. The van der Waals surface area contributed by atoms with Crippen LogP contribution in [0.4, 0.5) is 0 Å². The molecular weight excluding hydrogens is 192 g/mol. The summed E-state index contributed by atoms with van der Waals surface area (Å²) in [7, 11) is 0. The predicted octanol–water partition coefficient (Wildman–Crippen LogP) is 5.81. The molecule has 0 aromatic heterocycles. The van der Waals surface area contributed by atoms with Crippen LogP contribution in [0.2, 0.25) is 0 Å². The van der Waals surface area contributed by atoms with Crippen molar-refractivity contribution in [3.05, 3.63) is 0 Å². The van der Waals surface area contributed by atoms with Gasteiger partial charge in [-0.25, -0.2) is 0 Å². The van der Waals surface area contributed by atoms with Gasteiger partial charge in [-0.3, -0.25) is 0 Å². The van der Waals surface area contributed by atoms with Crippen molar-refractivity contribution < 1.29 is 0 Å². The van der Waals surface area contributed by atoms with E-state index in [1.54, 1.807) is 0 Å². The van der Waals surface area contributed by atoms with Gasteiger partial charge in [0.25, 0.3) is 0 Å². The van der Waals surface area contributed by atoms with Crippen LogP contribution in [0, 0.1) is 16.7 Å². The van der Waals surface area contributed by atoms with Gasteiger partial charge >= 0.3 is 0 Å². The molecule has 1 saturated carbocycles. The zero-order chi connectivity index (χ0) is 12.2. The zero-order valence-corrected chi connectivity index (χ0v) is 12.2. The Kier molecular flexibility index (Phi) is 4.88. The van der Waals surface area contributed by atoms with Gasteiger partial charge in [-0.2, -0.15) is 0 Å². The van der Waals surface area contributed by atoms with Gasteiger partial charge in [0.1, 0.15) is 0 Å². The van der Waals surface area contributed by atoms with Crippen LogP contribution in [0.3, 0.4) is 0 Å². The van der Waals surface area contributed by atoms with Crippen molar-refractivity contribution in [3.8, 4) is 0 Å². The molecule has 0 spiro atoms. The van der Waals surface area contributed by atoms with Gasteiger partial charge in [0, 0.05) is 0 Å². The first kappa shape index (κ1) is 14.1. The molecule has 1 rings (SSSR count). The van der Waals surface area contributed by atoms with Gasteiger partial charge in [0.15, 0.2) is 0 Å². The summed E-state index contributed by atoms with van der Waals surface area (Å²) >= 11 is 0. The summed E-state index contributed by atoms with van der Waals surface area (Å²) in [5.74, 6) is 0.945. The van der Waals surface area contributed by atoms with Gasteiger partial charge in [0.2, 0.25) is 0 Å². The molecule has 1 aliphatic carbocycles. The Balaban J connectivity index is 2.58. The van der Waals surface area contributed by atoms with E-state index in [4.69, 9.17) is 0 Å². The molecule has 0 N–H and O–H groups in total. The Hall–Kier alpha value is 0. The quantitative estimate of drug-likeness (QED) is 0.487. The summed E-state index contributed by atoms with van der Waals surface area (Å²) in [6, 6.07) is 0. The normalized spacial score (nSPS) is 31.7. The highest BCUT2D eigenvalue weighted by Gasteiger charge is 2.25. The van der Waals surface area contributed by atoms with Crippen molar-refractivity contribution in [1.82, 2.24) is 0 Å². The van der Waals surface area contributed by atoms with E-state index in [0.717, 1.165) is 5.92 Å². The maximum absolute atomic E-state index is 2.47. The third-order valence-electron chi connectivity index (χ3n) is 4.59. The molecule has 0 radical (unpaired) electrons. The minimum atomic E-state index is 0.565. The average molecular weight is 224 g/mol. The lowest BCUT2D eigenvalue weighted by Crippen LogP contribution is -2.18. The van der Waals surface area contributed by atoms with Crippen LogP contribution in [0.15, 0.2) is 0 Å². The fourth-order valence-corrected chi connectivity index (χ4v) is 2.80. The number of hydrogen-bond acceptors (Lipinski definition) is 0. The molecular formula is C16H32. The standard InChI is InChI=1S/C16H32/c1-14-8-6-7-10-15(2,3)12-13-16(4,5)11-9-14/h14H,6-13H2,1-5H3.